The topological polar surface area (TPSA) is 66.8 Å². The molecule has 22 heavy (non-hydrogen) atoms. The minimum absolute atomic E-state index is 0.155. The molecule has 0 bridgehead atoms. The number of ether oxygens (including phenoxy) is 1. The summed E-state index contributed by atoms with van der Waals surface area (Å²) in [5.41, 5.74) is 0.837. The molecule has 0 radical (unpaired) electrons. The number of para-hydroxylation sites is 1. The van der Waals surface area contributed by atoms with Crippen LogP contribution in [0, 0.1) is 5.92 Å². The van der Waals surface area contributed by atoms with Crippen molar-refractivity contribution in [2.45, 2.75) is 19.8 Å². The Balaban J connectivity index is 2.03. The average molecular weight is 303 g/mol. The molecular formula is C17H21NO4. The summed E-state index contributed by atoms with van der Waals surface area (Å²) in [6, 6.07) is 7.50. The lowest BCUT2D eigenvalue weighted by Gasteiger charge is -2.29. The number of rotatable bonds is 5. The number of carbonyl (C=O) groups is 2. The van der Waals surface area contributed by atoms with Gasteiger partial charge in [-0.2, -0.15) is 0 Å². The number of amides is 1. The zero-order valence-electron chi connectivity index (χ0n) is 12.7. The predicted octanol–water partition coefficient (Wildman–Crippen LogP) is 2.42. The molecule has 1 saturated heterocycles. The molecule has 1 atom stereocenters. The predicted molar refractivity (Wildman–Crippen MR) is 83.6 cm³/mol. The molecule has 5 nitrogen and oxygen atoms in total. The van der Waals surface area contributed by atoms with E-state index in [1.165, 1.54) is 6.08 Å². The second-order valence-corrected chi connectivity index (χ2v) is 5.27. The van der Waals surface area contributed by atoms with Crippen LogP contribution in [-0.4, -0.2) is 41.6 Å². The molecule has 1 aliphatic rings. The van der Waals surface area contributed by atoms with Crippen molar-refractivity contribution in [3.63, 3.8) is 0 Å². The van der Waals surface area contributed by atoms with E-state index in [0.717, 1.165) is 17.7 Å². The van der Waals surface area contributed by atoms with E-state index in [1.54, 1.807) is 11.0 Å². The minimum Gasteiger partial charge on any atom is -0.493 e. The zero-order valence-corrected chi connectivity index (χ0v) is 12.7. The summed E-state index contributed by atoms with van der Waals surface area (Å²) in [6.45, 7) is 3.36. The molecule has 118 valence electrons. The summed E-state index contributed by atoms with van der Waals surface area (Å²) in [7, 11) is 0. The summed E-state index contributed by atoms with van der Waals surface area (Å²) in [5, 5.41) is 9.07. The van der Waals surface area contributed by atoms with Crippen LogP contribution in [-0.2, 0) is 9.59 Å². The van der Waals surface area contributed by atoms with Crippen molar-refractivity contribution >= 4 is 18.0 Å². The smallest absolute Gasteiger partial charge is 0.308 e. The maximum absolute atomic E-state index is 12.2. The first-order valence-corrected chi connectivity index (χ1v) is 7.53. The van der Waals surface area contributed by atoms with E-state index in [-0.39, 0.29) is 12.5 Å². The number of benzene rings is 1. The van der Waals surface area contributed by atoms with Gasteiger partial charge < -0.3 is 14.7 Å². The van der Waals surface area contributed by atoms with Crippen LogP contribution in [0.3, 0.4) is 0 Å². The van der Waals surface area contributed by atoms with Crippen LogP contribution >= 0.6 is 0 Å². The van der Waals surface area contributed by atoms with E-state index in [1.807, 2.05) is 31.2 Å². The van der Waals surface area contributed by atoms with Crippen LogP contribution < -0.4 is 4.74 Å². The summed E-state index contributed by atoms with van der Waals surface area (Å²) >= 11 is 0. The highest BCUT2D eigenvalue weighted by molar-refractivity contribution is 5.92. The number of aliphatic carboxylic acids is 1. The van der Waals surface area contributed by atoms with Gasteiger partial charge in [-0.15, -0.1) is 0 Å². The van der Waals surface area contributed by atoms with Gasteiger partial charge in [0.05, 0.1) is 12.5 Å². The molecule has 1 fully saturated rings. The van der Waals surface area contributed by atoms with Crippen molar-refractivity contribution in [2.24, 2.45) is 5.92 Å². The number of carbonyl (C=O) groups excluding carboxylic acids is 1. The van der Waals surface area contributed by atoms with Gasteiger partial charge in [0, 0.05) is 24.7 Å². The van der Waals surface area contributed by atoms with Crippen LogP contribution in [0.5, 0.6) is 5.75 Å². The van der Waals surface area contributed by atoms with Crippen molar-refractivity contribution in [2.75, 3.05) is 19.7 Å². The zero-order chi connectivity index (χ0) is 15.9. The lowest BCUT2D eigenvalue weighted by molar-refractivity contribution is -0.144. The van der Waals surface area contributed by atoms with Gasteiger partial charge in [0.2, 0.25) is 5.91 Å². The van der Waals surface area contributed by atoms with Gasteiger partial charge in [-0.1, -0.05) is 18.2 Å². The van der Waals surface area contributed by atoms with Gasteiger partial charge in [0.1, 0.15) is 5.75 Å². The Morgan fingerprint density at radius 3 is 2.91 bits per heavy atom. The second kappa shape index (κ2) is 7.64. The van der Waals surface area contributed by atoms with E-state index >= 15 is 0 Å². The first-order chi connectivity index (χ1) is 10.6. The van der Waals surface area contributed by atoms with Gasteiger partial charge >= 0.3 is 5.97 Å². The van der Waals surface area contributed by atoms with Crippen molar-refractivity contribution in [1.29, 1.82) is 0 Å². The molecule has 1 amide bonds. The van der Waals surface area contributed by atoms with Crippen molar-refractivity contribution in [1.82, 2.24) is 4.90 Å². The Labute approximate surface area is 130 Å². The Bertz CT molecular complexity index is 568. The van der Waals surface area contributed by atoms with Gasteiger partial charge in [-0.25, -0.2) is 0 Å². The van der Waals surface area contributed by atoms with Crippen LogP contribution in [0.15, 0.2) is 30.3 Å². The molecule has 0 spiro atoms. The number of hydrogen-bond donors (Lipinski definition) is 1. The minimum atomic E-state index is -0.830. The normalized spacial score (nSPS) is 18.4. The van der Waals surface area contributed by atoms with Gasteiger partial charge in [-0.3, -0.25) is 9.59 Å². The SMILES string of the molecule is CCOc1ccccc1/C=C/C(=O)N1CCCC(C(=O)O)C1. The fraction of sp³-hybridized carbons (Fsp3) is 0.412. The van der Waals surface area contributed by atoms with Crippen molar-refractivity contribution in [3.05, 3.63) is 35.9 Å². The summed E-state index contributed by atoms with van der Waals surface area (Å²) in [5.74, 6) is -0.710. The standard InChI is InChI=1S/C17H21NO4/c1-2-22-15-8-4-3-6-13(15)9-10-16(19)18-11-5-7-14(12-18)17(20)21/h3-4,6,8-10,14H,2,5,7,11-12H2,1H3,(H,20,21)/b10-9+. The highest BCUT2D eigenvalue weighted by Crippen LogP contribution is 2.20. The number of carboxylic acid groups (broad SMARTS) is 1. The fourth-order valence-corrected chi connectivity index (χ4v) is 2.55. The van der Waals surface area contributed by atoms with E-state index < -0.39 is 11.9 Å². The number of hydrogen-bond acceptors (Lipinski definition) is 3. The van der Waals surface area contributed by atoms with Crippen molar-refractivity contribution in [3.8, 4) is 5.75 Å². The second-order valence-electron chi connectivity index (χ2n) is 5.27. The Hall–Kier alpha value is -2.30. The van der Waals surface area contributed by atoms with Gasteiger partial charge in [0.25, 0.3) is 0 Å². The lowest BCUT2D eigenvalue weighted by Crippen LogP contribution is -2.41. The molecule has 1 N–H and O–H groups in total. The van der Waals surface area contributed by atoms with Crippen molar-refractivity contribution < 1.29 is 19.4 Å². The first kappa shape index (κ1) is 16.1. The average Bonchev–Trinajstić information content (AvgIpc) is 2.54. The third kappa shape index (κ3) is 4.10. The van der Waals surface area contributed by atoms with E-state index in [4.69, 9.17) is 9.84 Å². The molecule has 0 aliphatic carbocycles. The first-order valence-electron chi connectivity index (χ1n) is 7.53. The molecule has 1 aliphatic heterocycles. The Kier molecular flexibility index (Phi) is 5.58. The molecule has 5 heteroatoms. The summed E-state index contributed by atoms with van der Waals surface area (Å²) in [4.78, 5) is 24.9. The maximum atomic E-state index is 12.2. The Morgan fingerprint density at radius 1 is 1.41 bits per heavy atom. The van der Waals surface area contributed by atoms with Crippen LogP contribution in [0.1, 0.15) is 25.3 Å². The highest BCUT2D eigenvalue weighted by atomic mass is 16.5. The highest BCUT2D eigenvalue weighted by Gasteiger charge is 2.27. The number of nitrogens with zero attached hydrogens (tertiary/aromatic N) is 1. The maximum Gasteiger partial charge on any atom is 0.308 e. The van der Waals surface area contributed by atoms with E-state index in [2.05, 4.69) is 0 Å². The molecule has 2 rings (SSSR count). The molecule has 1 heterocycles. The van der Waals surface area contributed by atoms with Gasteiger partial charge in [-0.05, 0) is 31.9 Å². The molecule has 1 aromatic rings. The van der Waals surface area contributed by atoms with Crippen LogP contribution in [0.2, 0.25) is 0 Å². The molecule has 0 aromatic heterocycles. The number of likely N-dealkylation sites (tertiary alicyclic amines) is 1. The monoisotopic (exact) mass is 303 g/mol. The van der Waals surface area contributed by atoms with E-state index in [9.17, 15) is 9.59 Å². The van der Waals surface area contributed by atoms with Gasteiger partial charge in [0.15, 0.2) is 0 Å². The largest absolute Gasteiger partial charge is 0.493 e. The molecule has 1 aromatic carbocycles. The van der Waals surface area contributed by atoms with E-state index in [0.29, 0.717) is 19.6 Å². The lowest BCUT2D eigenvalue weighted by atomic mass is 9.98. The number of carboxylic acids is 1. The fourth-order valence-electron chi connectivity index (χ4n) is 2.55. The number of piperidine rings is 1. The Morgan fingerprint density at radius 2 is 2.18 bits per heavy atom. The molecule has 0 saturated carbocycles. The molecule has 1 unspecified atom stereocenters. The third-order valence-electron chi connectivity index (χ3n) is 3.71. The molecular weight excluding hydrogens is 282 g/mol. The van der Waals surface area contributed by atoms with Crippen LogP contribution in [0.4, 0.5) is 0 Å². The summed E-state index contributed by atoms with van der Waals surface area (Å²) < 4.78 is 5.51. The summed E-state index contributed by atoms with van der Waals surface area (Å²) in [6.07, 6.45) is 4.57. The quantitative estimate of drug-likeness (QED) is 0.848. The van der Waals surface area contributed by atoms with Crippen LogP contribution in [0.25, 0.3) is 6.08 Å². The third-order valence-corrected chi connectivity index (χ3v) is 3.71.